The first-order valence-electron chi connectivity index (χ1n) is 7.25. The molecule has 1 aromatic carbocycles. The van der Waals surface area contributed by atoms with E-state index in [0.717, 1.165) is 24.8 Å². The van der Waals surface area contributed by atoms with Gasteiger partial charge in [-0.25, -0.2) is 0 Å². The van der Waals surface area contributed by atoms with Crippen LogP contribution >= 0.6 is 0 Å². The Morgan fingerprint density at radius 1 is 1.26 bits per heavy atom. The van der Waals surface area contributed by atoms with E-state index in [9.17, 15) is 4.79 Å². The van der Waals surface area contributed by atoms with Crippen molar-refractivity contribution in [3.8, 4) is 0 Å². The van der Waals surface area contributed by atoms with Gasteiger partial charge in [0.05, 0.1) is 6.10 Å². The first-order valence-corrected chi connectivity index (χ1v) is 7.25. The molecule has 1 aliphatic heterocycles. The standard InChI is InChI=1S/C16H21NO2/c17-10-14-6-7-16(19-14)15(18)9-11-4-5-12-2-1-3-13(12)8-11/h4-5,8,14,16H,1-3,6-7,9-10,17H2. The van der Waals surface area contributed by atoms with Crippen LogP contribution in [0.15, 0.2) is 18.2 Å². The topological polar surface area (TPSA) is 52.3 Å². The van der Waals surface area contributed by atoms with Gasteiger partial charge in [-0.15, -0.1) is 0 Å². The number of ether oxygens (including phenoxy) is 1. The Kier molecular flexibility index (Phi) is 3.67. The van der Waals surface area contributed by atoms with Crippen LogP contribution in [-0.2, 0) is 28.8 Å². The van der Waals surface area contributed by atoms with Crippen LogP contribution in [-0.4, -0.2) is 24.5 Å². The smallest absolute Gasteiger partial charge is 0.165 e. The van der Waals surface area contributed by atoms with Crippen molar-refractivity contribution in [3.63, 3.8) is 0 Å². The lowest BCUT2D eigenvalue weighted by atomic mass is 10.00. The quantitative estimate of drug-likeness (QED) is 0.897. The maximum Gasteiger partial charge on any atom is 0.165 e. The van der Waals surface area contributed by atoms with Crippen LogP contribution < -0.4 is 5.73 Å². The highest BCUT2D eigenvalue weighted by Gasteiger charge is 2.29. The summed E-state index contributed by atoms with van der Waals surface area (Å²) in [6, 6.07) is 6.48. The highest BCUT2D eigenvalue weighted by Crippen LogP contribution is 2.25. The summed E-state index contributed by atoms with van der Waals surface area (Å²) in [4.78, 5) is 12.2. The Balaban J connectivity index is 1.63. The first-order chi connectivity index (χ1) is 9.26. The molecule has 1 aromatic rings. The van der Waals surface area contributed by atoms with Crippen molar-refractivity contribution >= 4 is 5.78 Å². The number of hydrogen-bond donors (Lipinski definition) is 1. The molecular formula is C16H21NO2. The Bertz CT molecular complexity index is 484. The van der Waals surface area contributed by atoms with Gasteiger partial charge in [-0.05, 0) is 48.8 Å². The van der Waals surface area contributed by atoms with Gasteiger partial charge in [0.1, 0.15) is 6.10 Å². The van der Waals surface area contributed by atoms with Gasteiger partial charge in [0.15, 0.2) is 5.78 Å². The van der Waals surface area contributed by atoms with E-state index >= 15 is 0 Å². The summed E-state index contributed by atoms with van der Waals surface area (Å²) in [5.74, 6) is 0.203. The van der Waals surface area contributed by atoms with E-state index in [1.165, 1.54) is 24.0 Å². The Morgan fingerprint density at radius 2 is 2.11 bits per heavy atom. The van der Waals surface area contributed by atoms with Gasteiger partial charge in [-0.2, -0.15) is 0 Å². The van der Waals surface area contributed by atoms with Gasteiger partial charge in [0.2, 0.25) is 0 Å². The highest BCUT2D eigenvalue weighted by molar-refractivity contribution is 5.85. The van der Waals surface area contributed by atoms with Crippen LogP contribution in [0.3, 0.4) is 0 Å². The van der Waals surface area contributed by atoms with E-state index in [4.69, 9.17) is 10.5 Å². The zero-order chi connectivity index (χ0) is 13.2. The van der Waals surface area contributed by atoms with E-state index in [-0.39, 0.29) is 18.0 Å². The van der Waals surface area contributed by atoms with Crippen LogP contribution in [0, 0.1) is 0 Å². The van der Waals surface area contributed by atoms with Crippen LogP contribution in [0.2, 0.25) is 0 Å². The minimum atomic E-state index is -0.234. The van der Waals surface area contributed by atoms with E-state index in [2.05, 4.69) is 18.2 Å². The number of hydrogen-bond acceptors (Lipinski definition) is 3. The molecule has 0 aromatic heterocycles. The van der Waals surface area contributed by atoms with Crippen LogP contribution in [0.5, 0.6) is 0 Å². The predicted molar refractivity (Wildman–Crippen MR) is 74.1 cm³/mol. The number of fused-ring (bicyclic) bond motifs is 1. The van der Waals surface area contributed by atoms with Crippen molar-refractivity contribution < 1.29 is 9.53 Å². The van der Waals surface area contributed by atoms with Crippen molar-refractivity contribution in [1.29, 1.82) is 0 Å². The fourth-order valence-electron chi connectivity index (χ4n) is 3.17. The van der Waals surface area contributed by atoms with Gasteiger partial charge in [-0.3, -0.25) is 4.79 Å². The van der Waals surface area contributed by atoms with Crippen molar-refractivity contribution in [2.75, 3.05) is 6.54 Å². The lowest BCUT2D eigenvalue weighted by molar-refractivity contribution is -0.128. The average molecular weight is 259 g/mol. The molecule has 102 valence electrons. The lowest BCUT2D eigenvalue weighted by Gasteiger charge is -2.12. The van der Waals surface area contributed by atoms with E-state index in [1.807, 2.05) is 0 Å². The zero-order valence-electron chi connectivity index (χ0n) is 11.2. The molecule has 2 N–H and O–H groups in total. The third-order valence-corrected chi connectivity index (χ3v) is 4.27. The minimum absolute atomic E-state index is 0.0778. The molecule has 3 rings (SSSR count). The molecule has 0 spiro atoms. The summed E-state index contributed by atoms with van der Waals surface area (Å²) in [6.45, 7) is 0.516. The number of carbonyl (C=O) groups excluding carboxylic acids is 1. The number of nitrogens with two attached hydrogens (primary N) is 1. The fraction of sp³-hybridized carbons (Fsp3) is 0.562. The largest absolute Gasteiger partial charge is 0.366 e. The van der Waals surface area contributed by atoms with Crippen molar-refractivity contribution in [2.45, 2.75) is 50.7 Å². The molecule has 3 heteroatoms. The molecule has 1 saturated heterocycles. The number of carbonyl (C=O) groups is 1. The molecule has 0 amide bonds. The predicted octanol–water partition coefficient (Wildman–Crippen LogP) is 1.79. The number of aryl methyl sites for hydroxylation is 2. The molecule has 3 nitrogen and oxygen atoms in total. The van der Waals surface area contributed by atoms with Gasteiger partial charge in [0, 0.05) is 13.0 Å². The van der Waals surface area contributed by atoms with Gasteiger partial charge < -0.3 is 10.5 Å². The Labute approximate surface area is 114 Å². The summed E-state index contributed by atoms with van der Waals surface area (Å²) >= 11 is 0. The van der Waals surface area contributed by atoms with Gasteiger partial charge >= 0.3 is 0 Å². The third kappa shape index (κ3) is 2.72. The molecule has 0 saturated carbocycles. The first kappa shape index (κ1) is 12.8. The molecular weight excluding hydrogens is 238 g/mol. The molecule has 2 unspecified atom stereocenters. The molecule has 19 heavy (non-hydrogen) atoms. The number of ketones is 1. The van der Waals surface area contributed by atoms with Crippen LogP contribution in [0.4, 0.5) is 0 Å². The van der Waals surface area contributed by atoms with Crippen LogP contribution in [0.25, 0.3) is 0 Å². The van der Waals surface area contributed by atoms with Gasteiger partial charge in [0.25, 0.3) is 0 Å². The van der Waals surface area contributed by atoms with Crippen molar-refractivity contribution in [1.82, 2.24) is 0 Å². The fourth-order valence-corrected chi connectivity index (χ4v) is 3.17. The molecule has 0 bridgehead atoms. The number of benzene rings is 1. The highest BCUT2D eigenvalue weighted by atomic mass is 16.5. The van der Waals surface area contributed by atoms with E-state index in [0.29, 0.717) is 13.0 Å². The molecule has 1 fully saturated rings. The molecule has 2 atom stereocenters. The number of rotatable bonds is 4. The molecule has 1 aliphatic carbocycles. The summed E-state index contributed by atoms with van der Waals surface area (Å²) in [5.41, 5.74) is 9.59. The average Bonchev–Trinajstić information content (AvgIpc) is 3.06. The zero-order valence-corrected chi connectivity index (χ0v) is 11.2. The Hall–Kier alpha value is -1.19. The summed E-state index contributed by atoms with van der Waals surface area (Å²) in [7, 11) is 0. The van der Waals surface area contributed by atoms with E-state index in [1.54, 1.807) is 0 Å². The Morgan fingerprint density at radius 3 is 2.89 bits per heavy atom. The van der Waals surface area contributed by atoms with E-state index < -0.39 is 0 Å². The second kappa shape index (κ2) is 5.43. The summed E-state index contributed by atoms with van der Waals surface area (Å²) in [6.07, 6.45) is 5.67. The lowest BCUT2D eigenvalue weighted by Crippen LogP contribution is -2.26. The van der Waals surface area contributed by atoms with Crippen molar-refractivity contribution in [2.24, 2.45) is 5.73 Å². The SMILES string of the molecule is NCC1CCC(C(=O)Cc2ccc3c(c2)CCC3)O1. The number of Topliss-reactive ketones (excluding diaryl/α,β-unsaturated/α-hetero) is 1. The third-order valence-electron chi connectivity index (χ3n) is 4.27. The van der Waals surface area contributed by atoms with Crippen molar-refractivity contribution in [3.05, 3.63) is 34.9 Å². The summed E-state index contributed by atoms with van der Waals surface area (Å²) in [5, 5.41) is 0. The molecule has 1 heterocycles. The monoisotopic (exact) mass is 259 g/mol. The van der Waals surface area contributed by atoms with Gasteiger partial charge in [-0.1, -0.05) is 18.2 Å². The molecule has 0 radical (unpaired) electrons. The normalized spacial score (nSPS) is 25.5. The maximum absolute atomic E-state index is 12.2. The second-order valence-corrected chi connectivity index (χ2v) is 5.66. The summed E-state index contributed by atoms with van der Waals surface area (Å²) < 4.78 is 5.66. The second-order valence-electron chi connectivity index (χ2n) is 5.66. The molecule has 2 aliphatic rings. The van der Waals surface area contributed by atoms with Crippen LogP contribution in [0.1, 0.15) is 36.0 Å². The maximum atomic E-state index is 12.2. The minimum Gasteiger partial charge on any atom is -0.366 e.